The number of anilines is 1. The molecular formula is C14H14Br2N2O2S. The largest absolute Gasteiger partial charge is 0.398 e. The second kappa shape index (κ2) is 6.48. The lowest BCUT2D eigenvalue weighted by molar-refractivity contribution is 0.466. The van der Waals surface area contributed by atoms with E-state index >= 15 is 0 Å². The van der Waals surface area contributed by atoms with Crippen molar-refractivity contribution in [2.24, 2.45) is 0 Å². The Kier molecular flexibility index (Phi) is 5.08. The molecule has 0 aromatic heterocycles. The number of hydrogen-bond acceptors (Lipinski definition) is 3. The minimum absolute atomic E-state index is 0.178. The Bertz CT molecular complexity index is 763. The molecular weight excluding hydrogens is 420 g/mol. The van der Waals surface area contributed by atoms with Crippen LogP contribution in [0.3, 0.4) is 0 Å². The van der Waals surface area contributed by atoms with E-state index in [4.69, 9.17) is 5.73 Å². The van der Waals surface area contributed by atoms with E-state index in [1.165, 1.54) is 16.4 Å². The molecule has 0 aliphatic heterocycles. The smallest absolute Gasteiger partial charge is 0.243 e. The summed E-state index contributed by atoms with van der Waals surface area (Å²) in [4.78, 5) is 0.178. The predicted octanol–water partition coefficient (Wildman–Crippen LogP) is 3.61. The van der Waals surface area contributed by atoms with Crippen molar-refractivity contribution in [3.05, 3.63) is 57.0 Å². The maximum absolute atomic E-state index is 12.6. The summed E-state index contributed by atoms with van der Waals surface area (Å²) in [6, 6.07) is 12.1. The van der Waals surface area contributed by atoms with Gasteiger partial charge < -0.3 is 5.73 Å². The summed E-state index contributed by atoms with van der Waals surface area (Å²) in [7, 11) is -2.03. The first-order valence-corrected chi connectivity index (χ1v) is 9.10. The van der Waals surface area contributed by atoms with E-state index in [0.717, 1.165) is 10.0 Å². The van der Waals surface area contributed by atoms with Crippen molar-refractivity contribution in [2.75, 3.05) is 12.8 Å². The summed E-state index contributed by atoms with van der Waals surface area (Å²) >= 11 is 6.68. The van der Waals surface area contributed by atoms with E-state index in [2.05, 4.69) is 31.9 Å². The number of nitrogens with two attached hydrogens (primary N) is 1. The Morgan fingerprint density at radius 2 is 1.76 bits per heavy atom. The Morgan fingerprint density at radius 1 is 1.10 bits per heavy atom. The molecule has 0 atom stereocenters. The van der Waals surface area contributed by atoms with Crippen LogP contribution < -0.4 is 5.73 Å². The van der Waals surface area contributed by atoms with Crippen LogP contribution in [0.4, 0.5) is 5.69 Å². The van der Waals surface area contributed by atoms with E-state index in [9.17, 15) is 8.42 Å². The Labute approximate surface area is 141 Å². The summed E-state index contributed by atoms with van der Waals surface area (Å²) in [5.41, 5.74) is 7.05. The third kappa shape index (κ3) is 3.66. The number of halogens is 2. The molecule has 0 spiro atoms. The summed E-state index contributed by atoms with van der Waals surface area (Å²) in [5.74, 6) is 0. The zero-order valence-corrected chi connectivity index (χ0v) is 15.2. The topological polar surface area (TPSA) is 63.4 Å². The summed E-state index contributed by atoms with van der Waals surface area (Å²) in [6.45, 7) is 0.278. The van der Waals surface area contributed by atoms with Crippen LogP contribution in [0.1, 0.15) is 5.56 Å². The third-order valence-electron chi connectivity index (χ3n) is 3.03. The first-order valence-electron chi connectivity index (χ1n) is 6.07. The third-order valence-corrected chi connectivity index (χ3v) is 6.32. The van der Waals surface area contributed by atoms with Gasteiger partial charge in [-0.2, -0.15) is 4.31 Å². The highest BCUT2D eigenvalue weighted by Crippen LogP contribution is 2.26. The van der Waals surface area contributed by atoms with Crippen molar-refractivity contribution in [1.82, 2.24) is 4.31 Å². The lowest BCUT2D eigenvalue weighted by atomic mass is 10.2. The number of sulfonamides is 1. The maximum Gasteiger partial charge on any atom is 0.243 e. The molecule has 0 amide bonds. The van der Waals surface area contributed by atoms with Gasteiger partial charge in [0.1, 0.15) is 0 Å². The molecule has 0 radical (unpaired) electrons. The molecule has 21 heavy (non-hydrogen) atoms. The highest BCUT2D eigenvalue weighted by atomic mass is 79.9. The van der Waals surface area contributed by atoms with Gasteiger partial charge >= 0.3 is 0 Å². The quantitative estimate of drug-likeness (QED) is 0.749. The Hall–Kier alpha value is -0.890. The van der Waals surface area contributed by atoms with Crippen molar-refractivity contribution in [3.63, 3.8) is 0 Å². The van der Waals surface area contributed by atoms with Crippen LogP contribution >= 0.6 is 31.9 Å². The van der Waals surface area contributed by atoms with Gasteiger partial charge in [0.25, 0.3) is 0 Å². The fourth-order valence-electron chi connectivity index (χ4n) is 1.81. The first-order chi connectivity index (χ1) is 9.82. The Morgan fingerprint density at radius 3 is 2.38 bits per heavy atom. The molecule has 7 heteroatoms. The van der Waals surface area contributed by atoms with Crippen molar-refractivity contribution in [1.29, 1.82) is 0 Å². The summed E-state index contributed by atoms with van der Waals surface area (Å²) < 4.78 is 28.0. The first kappa shape index (κ1) is 16.5. The van der Waals surface area contributed by atoms with Crippen LogP contribution in [0, 0.1) is 0 Å². The van der Waals surface area contributed by atoms with Gasteiger partial charge in [-0.1, -0.05) is 34.1 Å². The molecule has 2 aromatic carbocycles. The minimum Gasteiger partial charge on any atom is -0.398 e. The molecule has 0 unspecified atom stereocenters. The van der Waals surface area contributed by atoms with Crippen LogP contribution in [-0.4, -0.2) is 19.8 Å². The van der Waals surface area contributed by atoms with Crippen LogP contribution in [0.5, 0.6) is 0 Å². The van der Waals surface area contributed by atoms with Crippen molar-refractivity contribution >= 4 is 47.6 Å². The molecule has 2 N–H and O–H groups in total. The molecule has 0 saturated carbocycles. The van der Waals surface area contributed by atoms with Crippen LogP contribution in [0.15, 0.2) is 56.3 Å². The highest BCUT2D eigenvalue weighted by molar-refractivity contribution is 9.10. The standard InChI is InChI=1S/C14H14Br2N2O2S/c1-18(9-10-4-2-3-5-12(10)15)21(19,20)11-6-7-13(16)14(17)8-11/h2-8H,9,17H2,1H3. The van der Waals surface area contributed by atoms with E-state index in [1.54, 1.807) is 13.1 Å². The van der Waals surface area contributed by atoms with Gasteiger partial charge in [-0.15, -0.1) is 0 Å². The van der Waals surface area contributed by atoms with Gasteiger partial charge in [0.15, 0.2) is 0 Å². The molecule has 2 aromatic rings. The number of rotatable bonds is 4. The minimum atomic E-state index is -3.58. The van der Waals surface area contributed by atoms with Gasteiger partial charge in [-0.05, 0) is 45.8 Å². The van der Waals surface area contributed by atoms with Crippen LogP contribution in [0.25, 0.3) is 0 Å². The van der Waals surface area contributed by atoms with Gasteiger partial charge in [0.2, 0.25) is 10.0 Å². The maximum atomic E-state index is 12.6. The fraction of sp³-hybridized carbons (Fsp3) is 0.143. The van der Waals surface area contributed by atoms with E-state index in [0.29, 0.717) is 10.2 Å². The molecule has 4 nitrogen and oxygen atoms in total. The average molecular weight is 434 g/mol. The molecule has 0 fully saturated rings. The zero-order chi connectivity index (χ0) is 15.6. The Balaban J connectivity index is 2.30. The second-order valence-corrected chi connectivity index (χ2v) is 8.29. The molecule has 112 valence electrons. The van der Waals surface area contributed by atoms with Gasteiger partial charge in [0.05, 0.1) is 4.90 Å². The van der Waals surface area contributed by atoms with Gasteiger partial charge in [-0.25, -0.2) is 8.42 Å². The predicted molar refractivity (Wildman–Crippen MR) is 91.3 cm³/mol. The molecule has 0 aliphatic rings. The second-order valence-electron chi connectivity index (χ2n) is 4.54. The van der Waals surface area contributed by atoms with E-state index in [1.807, 2.05) is 24.3 Å². The lowest BCUT2D eigenvalue weighted by Gasteiger charge is -2.18. The molecule has 2 rings (SSSR count). The zero-order valence-electron chi connectivity index (χ0n) is 11.3. The SMILES string of the molecule is CN(Cc1ccccc1Br)S(=O)(=O)c1ccc(Br)c(N)c1. The van der Waals surface area contributed by atoms with E-state index in [-0.39, 0.29) is 11.4 Å². The molecule has 0 bridgehead atoms. The average Bonchev–Trinajstić information content (AvgIpc) is 2.44. The van der Waals surface area contributed by atoms with Crippen molar-refractivity contribution < 1.29 is 8.42 Å². The summed E-state index contributed by atoms with van der Waals surface area (Å²) in [6.07, 6.45) is 0. The van der Waals surface area contributed by atoms with Crippen molar-refractivity contribution in [3.8, 4) is 0 Å². The lowest BCUT2D eigenvalue weighted by Crippen LogP contribution is -2.26. The van der Waals surface area contributed by atoms with Gasteiger partial charge in [-0.3, -0.25) is 0 Å². The fourth-order valence-corrected chi connectivity index (χ4v) is 3.66. The number of nitrogen functional groups attached to an aromatic ring is 1. The molecule has 0 saturated heterocycles. The molecule has 0 heterocycles. The van der Waals surface area contributed by atoms with Crippen LogP contribution in [0.2, 0.25) is 0 Å². The highest BCUT2D eigenvalue weighted by Gasteiger charge is 2.22. The van der Waals surface area contributed by atoms with Crippen molar-refractivity contribution in [2.45, 2.75) is 11.4 Å². The summed E-state index contributed by atoms with van der Waals surface area (Å²) in [5, 5.41) is 0. The van der Waals surface area contributed by atoms with Crippen LogP contribution in [-0.2, 0) is 16.6 Å². The van der Waals surface area contributed by atoms with E-state index < -0.39 is 10.0 Å². The molecule has 0 aliphatic carbocycles. The monoisotopic (exact) mass is 432 g/mol. The number of benzene rings is 2. The van der Waals surface area contributed by atoms with Gasteiger partial charge in [0, 0.05) is 28.2 Å². The normalized spacial score (nSPS) is 11.8. The number of hydrogen-bond donors (Lipinski definition) is 1. The number of nitrogens with zero attached hydrogens (tertiary/aromatic N) is 1.